The van der Waals surface area contributed by atoms with E-state index in [1.807, 2.05) is 0 Å². The topological polar surface area (TPSA) is 80.8 Å². The Balaban J connectivity index is 2.08. The van der Waals surface area contributed by atoms with Crippen LogP contribution in [0, 0.1) is 0 Å². The van der Waals surface area contributed by atoms with Crippen molar-refractivity contribution in [1.82, 2.24) is 9.88 Å². The first kappa shape index (κ1) is 15.0. The summed E-state index contributed by atoms with van der Waals surface area (Å²) < 4.78 is 5.90. The van der Waals surface area contributed by atoms with E-state index in [2.05, 4.69) is 9.98 Å². The molecule has 2 N–H and O–H groups in total. The average Bonchev–Trinajstić information content (AvgIpc) is 2.54. The van der Waals surface area contributed by atoms with Crippen molar-refractivity contribution in [2.24, 2.45) is 10.7 Å². The van der Waals surface area contributed by atoms with Gasteiger partial charge in [0.05, 0.1) is 12.6 Å². The maximum Gasteiger partial charge on any atom is 0.232 e. The van der Waals surface area contributed by atoms with Crippen molar-refractivity contribution < 1.29 is 9.53 Å². The molecular weight excluding hydrogens is 326 g/mol. The van der Waals surface area contributed by atoms with Crippen molar-refractivity contribution in [3.63, 3.8) is 0 Å². The Hall–Kier alpha value is -2.54. The molecule has 0 aliphatic carbocycles. The minimum atomic E-state index is -1.03. The molecule has 4 rings (SSSR count). The molecule has 1 aromatic carbocycles. The second-order valence-electron chi connectivity index (χ2n) is 5.82. The molecule has 2 aliphatic heterocycles. The summed E-state index contributed by atoms with van der Waals surface area (Å²) in [5, 5.41) is 0.282. The van der Waals surface area contributed by atoms with Gasteiger partial charge in [-0.25, -0.2) is 9.98 Å². The van der Waals surface area contributed by atoms with Gasteiger partial charge in [-0.3, -0.25) is 9.69 Å². The number of amides is 1. The van der Waals surface area contributed by atoms with Crippen molar-refractivity contribution in [2.45, 2.75) is 12.0 Å². The van der Waals surface area contributed by atoms with Gasteiger partial charge in [0.25, 0.3) is 0 Å². The predicted octanol–water partition coefficient (Wildman–Crippen LogP) is 1.05. The van der Waals surface area contributed by atoms with Crippen LogP contribution in [0.25, 0.3) is 0 Å². The Kier molecular flexibility index (Phi) is 3.12. The summed E-state index contributed by atoms with van der Waals surface area (Å²) in [6.07, 6.45) is 1.62. The van der Waals surface area contributed by atoms with E-state index in [4.69, 9.17) is 29.9 Å². The van der Waals surface area contributed by atoms with E-state index in [0.717, 1.165) is 0 Å². The molecule has 0 saturated heterocycles. The van der Waals surface area contributed by atoms with Crippen molar-refractivity contribution in [1.29, 1.82) is 0 Å². The number of hydrogen-bond acceptors (Lipinski definition) is 5. The number of aliphatic imine (C=N–C) groups is 1. The SMILES string of the molecule is [B]c1ccc2c(c1)[C@]1(CC(=O)N(C)C(N)=N1)c1cc(Cl)ncc1O2. The van der Waals surface area contributed by atoms with Gasteiger partial charge in [0.1, 0.15) is 24.3 Å². The molecule has 1 aromatic heterocycles. The number of hydrogen-bond donors (Lipinski definition) is 1. The van der Waals surface area contributed by atoms with E-state index in [-0.39, 0.29) is 23.4 Å². The molecule has 1 amide bonds. The number of carbonyl (C=O) groups excluding carboxylic acids is 1. The van der Waals surface area contributed by atoms with Crippen LogP contribution in [0.5, 0.6) is 11.5 Å². The molecule has 6 nitrogen and oxygen atoms in total. The van der Waals surface area contributed by atoms with E-state index in [9.17, 15) is 4.79 Å². The van der Waals surface area contributed by atoms with Crippen LogP contribution in [-0.4, -0.2) is 36.6 Å². The number of carbonyl (C=O) groups is 1. The number of benzene rings is 1. The molecular formula is C16H12BClN4O2. The zero-order valence-corrected chi connectivity index (χ0v) is 13.5. The third kappa shape index (κ3) is 2.01. The summed E-state index contributed by atoms with van der Waals surface area (Å²) in [5.41, 5.74) is 6.84. The largest absolute Gasteiger partial charge is 0.455 e. The molecule has 24 heavy (non-hydrogen) atoms. The van der Waals surface area contributed by atoms with Gasteiger partial charge in [-0.2, -0.15) is 0 Å². The monoisotopic (exact) mass is 338 g/mol. The third-order valence-electron chi connectivity index (χ3n) is 4.38. The number of ether oxygens (including phenoxy) is 1. The van der Waals surface area contributed by atoms with Crippen LogP contribution in [-0.2, 0) is 10.3 Å². The normalized spacial score (nSPS) is 21.8. The average molecular weight is 339 g/mol. The second kappa shape index (κ2) is 4.98. The highest BCUT2D eigenvalue weighted by molar-refractivity contribution is 6.32. The number of guanidine groups is 1. The lowest BCUT2D eigenvalue weighted by molar-refractivity contribution is -0.128. The molecule has 2 radical (unpaired) electrons. The van der Waals surface area contributed by atoms with Gasteiger partial charge in [0, 0.05) is 18.2 Å². The van der Waals surface area contributed by atoms with E-state index >= 15 is 0 Å². The lowest BCUT2D eigenvalue weighted by atomic mass is 9.75. The van der Waals surface area contributed by atoms with Crippen LogP contribution in [0.4, 0.5) is 0 Å². The zero-order chi connectivity index (χ0) is 17.1. The fraction of sp³-hybridized carbons (Fsp3) is 0.188. The maximum atomic E-state index is 12.5. The van der Waals surface area contributed by atoms with Gasteiger partial charge in [0.15, 0.2) is 11.7 Å². The van der Waals surface area contributed by atoms with Crippen molar-refractivity contribution in [3.8, 4) is 11.5 Å². The number of nitrogens with two attached hydrogens (primary N) is 1. The second-order valence-corrected chi connectivity index (χ2v) is 6.21. The van der Waals surface area contributed by atoms with Crippen molar-refractivity contribution in [2.75, 3.05) is 7.05 Å². The molecule has 0 fully saturated rings. The molecule has 0 saturated carbocycles. The molecule has 2 aromatic rings. The zero-order valence-electron chi connectivity index (χ0n) is 12.8. The summed E-state index contributed by atoms with van der Waals surface area (Å²) in [6, 6.07) is 6.88. The predicted molar refractivity (Wildman–Crippen MR) is 90.9 cm³/mol. The van der Waals surface area contributed by atoms with Crippen LogP contribution in [0.15, 0.2) is 35.5 Å². The first-order valence-electron chi connectivity index (χ1n) is 7.26. The molecule has 3 heterocycles. The Morgan fingerprint density at radius 3 is 2.83 bits per heavy atom. The standard InChI is InChI=1S/C16H12BClN4O2/c1-22-14(23)6-16(21-15(22)19)9-4-8(17)2-3-11(9)24-12-7-20-13(18)5-10(12)16/h2-5,7H,6H2,1H3,(H2,19,21)/t16-/m1/s1. The summed E-state index contributed by atoms with van der Waals surface area (Å²) >= 11 is 6.07. The fourth-order valence-corrected chi connectivity index (χ4v) is 3.29. The minimum Gasteiger partial charge on any atom is -0.455 e. The van der Waals surface area contributed by atoms with Gasteiger partial charge in [-0.1, -0.05) is 29.2 Å². The van der Waals surface area contributed by atoms with Gasteiger partial charge in [-0.05, 0) is 12.1 Å². The highest BCUT2D eigenvalue weighted by Crippen LogP contribution is 2.51. The maximum absolute atomic E-state index is 12.5. The number of nitrogens with zero attached hydrogens (tertiary/aromatic N) is 3. The summed E-state index contributed by atoms with van der Waals surface area (Å²) in [7, 11) is 7.54. The molecule has 118 valence electrons. The van der Waals surface area contributed by atoms with Gasteiger partial charge in [-0.15, -0.1) is 0 Å². The highest BCUT2D eigenvalue weighted by Gasteiger charge is 2.47. The molecule has 8 heteroatoms. The lowest BCUT2D eigenvalue weighted by Gasteiger charge is -2.40. The van der Waals surface area contributed by atoms with Crippen LogP contribution >= 0.6 is 11.6 Å². The van der Waals surface area contributed by atoms with Crippen molar-refractivity contribution in [3.05, 3.63) is 46.7 Å². The number of halogens is 1. The smallest absolute Gasteiger partial charge is 0.232 e. The molecule has 0 bridgehead atoms. The minimum absolute atomic E-state index is 0.0946. The summed E-state index contributed by atoms with van der Waals surface area (Å²) in [4.78, 5) is 22.5. The van der Waals surface area contributed by atoms with E-state index in [1.54, 1.807) is 31.3 Å². The first-order chi connectivity index (χ1) is 11.4. The van der Waals surface area contributed by atoms with E-state index in [1.165, 1.54) is 11.1 Å². The molecule has 2 aliphatic rings. The van der Waals surface area contributed by atoms with E-state index in [0.29, 0.717) is 28.1 Å². The number of pyridine rings is 1. The summed E-state index contributed by atoms with van der Waals surface area (Å²) in [6.45, 7) is 0. The van der Waals surface area contributed by atoms with Crippen LogP contribution in [0.3, 0.4) is 0 Å². The Labute approximate surface area is 144 Å². The Morgan fingerprint density at radius 1 is 1.33 bits per heavy atom. The third-order valence-corrected chi connectivity index (χ3v) is 4.59. The number of aromatic nitrogens is 1. The summed E-state index contributed by atoms with van der Waals surface area (Å²) in [5.74, 6) is 1.03. The Morgan fingerprint density at radius 2 is 2.08 bits per heavy atom. The number of rotatable bonds is 0. The molecule has 1 atom stereocenters. The van der Waals surface area contributed by atoms with E-state index < -0.39 is 5.54 Å². The lowest BCUT2D eigenvalue weighted by Crippen LogP contribution is -2.49. The molecule has 1 spiro atoms. The van der Waals surface area contributed by atoms with Crippen LogP contribution in [0.2, 0.25) is 5.15 Å². The highest BCUT2D eigenvalue weighted by atomic mass is 35.5. The fourth-order valence-electron chi connectivity index (χ4n) is 3.13. The van der Waals surface area contributed by atoms with Gasteiger partial charge in [0.2, 0.25) is 5.91 Å². The quantitative estimate of drug-likeness (QED) is 0.575. The van der Waals surface area contributed by atoms with Gasteiger partial charge < -0.3 is 10.5 Å². The van der Waals surface area contributed by atoms with Crippen LogP contribution in [0.1, 0.15) is 17.5 Å². The van der Waals surface area contributed by atoms with Crippen molar-refractivity contribution >= 4 is 36.8 Å². The first-order valence-corrected chi connectivity index (χ1v) is 7.64. The molecule has 0 unspecified atom stereocenters. The number of fused-ring (bicyclic) bond motifs is 4. The van der Waals surface area contributed by atoms with Gasteiger partial charge >= 0.3 is 0 Å². The van der Waals surface area contributed by atoms with Crippen LogP contribution < -0.4 is 15.9 Å². The Bertz CT molecular complexity index is 863.